The van der Waals surface area contributed by atoms with Gasteiger partial charge in [0.25, 0.3) is 0 Å². The molecule has 2 atom stereocenters. The van der Waals surface area contributed by atoms with Crippen LogP contribution in [0.15, 0.2) is 66.7 Å². The Bertz CT molecular complexity index is 1420. The van der Waals surface area contributed by atoms with Crippen molar-refractivity contribution in [1.82, 2.24) is 10.2 Å². The normalized spacial score (nSPS) is 23.0. The molecule has 0 aromatic heterocycles. The third kappa shape index (κ3) is 6.13. The topological polar surface area (TPSA) is 89.9 Å². The van der Waals surface area contributed by atoms with E-state index < -0.39 is 17.8 Å². The molecule has 2 saturated heterocycles. The minimum atomic E-state index is -0.673. The van der Waals surface area contributed by atoms with Crippen LogP contribution in [0.5, 0.6) is 11.5 Å². The van der Waals surface area contributed by atoms with Gasteiger partial charge in [-0.25, -0.2) is 4.39 Å². The zero-order valence-corrected chi connectivity index (χ0v) is 25.0. The highest BCUT2D eigenvalue weighted by molar-refractivity contribution is 6.02. The van der Waals surface area contributed by atoms with Gasteiger partial charge in [0.15, 0.2) is 11.6 Å². The molecule has 5 rings (SSSR count). The number of nitrogens with zero attached hydrogens (tertiary/aromatic N) is 1. The summed E-state index contributed by atoms with van der Waals surface area (Å²) in [5.74, 6) is -2.74. The monoisotopic (exact) mass is 572 g/mol. The number of nitrogens with one attached hydrogen (secondary N) is 1. The Morgan fingerprint density at radius 3 is 1.76 bits per heavy atom. The highest BCUT2D eigenvalue weighted by atomic mass is 19.1. The van der Waals surface area contributed by atoms with Crippen molar-refractivity contribution in [2.24, 2.45) is 11.8 Å². The summed E-state index contributed by atoms with van der Waals surface area (Å²) < 4.78 is 15.0. The van der Waals surface area contributed by atoms with Crippen molar-refractivity contribution < 1.29 is 24.2 Å². The molecule has 0 aliphatic carbocycles. The van der Waals surface area contributed by atoms with Gasteiger partial charge in [-0.3, -0.25) is 14.5 Å². The molecule has 0 spiro atoms. The van der Waals surface area contributed by atoms with Gasteiger partial charge >= 0.3 is 0 Å². The number of piperidine rings is 2. The van der Waals surface area contributed by atoms with E-state index in [0.717, 1.165) is 12.8 Å². The highest BCUT2D eigenvalue weighted by Crippen LogP contribution is 2.45. The number of halogens is 1. The van der Waals surface area contributed by atoms with Crippen LogP contribution >= 0.6 is 0 Å². The standard InChI is InChI=1S/C35H41FN2O4/c1-21-27(13-8-14-30(21)36)31-28(32(41)22-9-6-11-25(39)15-22)19-38(24-17-34(2,3)37-35(4,5)18-24)20-29(31)33(42)23-10-7-12-26(40)16-23/h6-16,24,28-29,31,37,39-40H,17-20H2,1-5H3/t28-,29-/m0/s1. The Morgan fingerprint density at radius 2 is 1.29 bits per heavy atom. The molecule has 42 heavy (non-hydrogen) atoms. The molecule has 7 heteroatoms. The number of Topliss-reactive ketones (excluding diaryl/α,β-unsaturated/α-hetero) is 2. The van der Waals surface area contributed by atoms with Gasteiger partial charge in [-0.15, -0.1) is 0 Å². The van der Waals surface area contributed by atoms with E-state index in [9.17, 15) is 19.8 Å². The molecule has 0 bridgehead atoms. The number of aromatic hydroxyl groups is 2. The first-order valence-electron chi connectivity index (χ1n) is 14.7. The predicted octanol–water partition coefficient (Wildman–Crippen LogP) is 6.25. The number of ketones is 2. The quantitative estimate of drug-likeness (QED) is 0.303. The first-order valence-corrected chi connectivity index (χ1v) is 14.7. The van der Waals surface area contributed by atoms with Crippen LogP contribution in [-0.2, 0) is 0 Å². The summed E-state index contributed by atoms with van der Waals surface area (Å²) >= 11 is 0. The number of carbonyl (C=O) groups excluding carboxylic acids is 2. The van der Waals surface area contributed by atoms with E-state index in [4.69, 9.17) is 0 Å². The lowest BCUT2D eigenvalue weighted by atomic mass is 9.67. The van der Waals surface area contributed by atoms with E-state index in [1.54, 1.807) is 37.3 Å². The first kappa shape index (κ1) is 29.9. The Balaban J connectivity index is 1.66. The maximum atomic E-state index is 15.0. The van der Waals surface area contributed by atoms with Crippen molar-refractivity contribution in [2.45, 2.75) is 70.5 Å². The summed E-state index contributed by atoms with van der Waals surface area (Å²) in [5, 5.41) is 24.1. The molecule has 222 valence electrons. The van der Waals surface area contributed by atoms with Crippen LogP contribution in [0.2, 0.25) is 0 Å². The molecule has 2 heterocycles. The average Bonchev–Trinajstić information content (AvgIpc) is 2.91. The molecule has 0 unspecified atom stereocenters. The average molecular weight is 573 g/mol. The van der Waals surface area contributed by atoms with Gasteiger partial charge in [-0.2, -0.15) is 0 Å². The number of hydrogen-bond donors (Lipinski definition) is 3. The number of phenolic OH excluding ortho intramolecular Hbond substituents is 2. The zero-order chi connectivity index (χ0) is 30.4. The lowest BCUT2D eigenvalue weighted by molar-refractivity contribution is 0.0139. The van der Waals surface area contributed by atoms with E-state index >= 15 is 4.39 Å². The van der Waals surface area contributed by atoms with Gasteiger partial charge in [0.05, 0.1) is 0 Å². The summed E-state index contributed by atoms with van der Waals surface area (Å²) in [6.45, 7) is 11.2. The Hall–Kier alpha value is -3.55. The lowest BCUT2D eigenvalue weighted by Gasteiger charge is -2.53. The first-order chi connectivity index (χ1) is 19.7. The van der Waals surface area contributed by atoms with Crippen LogP contribution in [0, 0.1) is 24.6 Å². The van der Waals surface area contributed by atoms with Crippen LogP contribution < -0.4 is 5.32 Å². The van der Waals surface area contributed by atoms with Crippen molar-refractivity contribution in [3.05, 3.63) is 94.8 Å². The van der Waals surface area contributed by atoms with E-state index in [1.165, 1.54) is 30.3 Å². The molecule has 0 saturated carbocycles. The Kier molecular flexibility index (Phi) is 8.03. The van der Waals surface area contributed by atoms with Gasteiger partial charge in [0.2, 0.25) is 0 Å². The van der Waals surface area contributed by atoms with Crippen molar-refractivity contribution in [1.29, 1.82) is 0 Å². The summed E-state index contributed by atoms with van der Waals surface area (Å²) in [6.07, 6.45) is 1.67. The van der Waals surface area contributed by atoms with E-state index in [0.29, 0.717) is 35.3 Å². The Labute approximate surface area is 247 Å². The van der Waals surface area contributed by atoms with E-state index in [-0.39, 0.29) is 46.0 Å². The van der Waals surface area contributed by atoms with Crippen molar-refractivity contribution >= 4 is 11.6 Å². The van der Waals surface area contributed by atoms with Gasteiger partial charge < -0.3 is 15.5 Å². The third-order valence-electron chi connectivity index (χ3n) is 9.02. The number of benzene rings is 3. The van der Waals surface area contributed by atoms with Gasteiger partial charge in [-0.1, -0.05) is 36.4 Å². The van der Waals surface area contributed by atoms with Crippen LogP contribution in [0.4, 0.5) is 4.39 Å². The van der Waals surface area contributed by atoms with Gasteiger partial charge in [0, 0.05) is 59.1 Å². The smallest absolute Gasteiger partial charge is 0.167 e. The number of carbonyl (C=O) groups is 2. The fraction of sp³-hybridized carbons (Fsp3) is 0.429. The fourth-order valence-corrected chi connectivity index (χ4v) is 7.57. The van der Waals surface area contributed by atoms with Crippen molar-refractivity contribution in [3.8, 4) is 11.5 Å². The van der Waals surface area contributed by atoms with Crippen molar-refractivity contribution in [2.75, 3.05) is 13.1 Å². The second-order valence-electron chi connectivity index (χ2n) is 13.4. The molecular weight excluding hydrogens is 531 g/mol. The molecule has 3 N–H and O–H groups in total. The maximum Gasteiger partial charge on any atom is 0.167 e. The van der Waals surface area contributed by atoms with Crippen LogP contribution in [-0.4, -0.2) is 56.9 Å². The van der Waals surface area contributed by atoms with Gasteiger partial charge in [0.1, 0.15) is 17.3 Å². The van der Waals surface area contributed by atoms with E-state index in [2.05, 4.69) is 37.9 Å². The summed E-state index contributed by atoms with van der Waals surface area (Å²) in [4.78, 5) is 31.0. The van der Waals surface area contributed by atoms with Crippen LogP contribution in [0.25, 0.3) is 0 Å². The summed E-state index contributed by atoms with van der Waals surface area (Å²) in [6, 6.07) is 17.5. The third-order valence-corrected chi connectivity index (χ3v) is 9.02. The molecule has 3 aromatic carbocycles. The number of likely N-dealkylation sites (tertiary alicyclic amines) is 1. The second-order valence-corrected chi connectivity index (χ2v) is 13.4. The second kappa shape index (κ2) is 11.3. The van der Waals surface area contributed by atoms with Crippen LogP contribution in [0.3, 0.4) is 0 Å². The molecule has 2 aliphatic heterocycles. The fourth-order valence-electron chi connectivity index (χ4n) is 7.57. The summed E-state index contributed by atoms with van der Waals surface area (Å²) in [5.41, 5.74) is 1.46. The molecule has 0 amide bonds. The van der Waals surface area contributed by atoms with E-state index in [1.807, 2.05) is 6.07 Å². The minimum absolute atomic E-state index is 0.0127. The Morgan fingerprint density at radius 1 is 0.810 bits per heavy atom. The van der Waals surface area contributed by atoms with Crippen LogP contribution in [0.1, 0.15) is 78.3 Å². The molecular formula is C35H41FN2O4. The molecule has 0 radical (unpaired) electrons. The number of phenols is 2. The molecule has 2 aliphatic rings. The lowest BCUT2D eigenvalue weighted by Crippen LogP contribution is -2.64. The molecule has 3 aromatic rings. The highest BCUT2D eigenvalue weighted by Gasteiger charge is 2.49. The predicted molar refractivity (Wildman–Crippen MR) is 162 cm³/mol. The zero-order valence-electron chi connectivity index (χ0n) is 25.0. The molecule has 6 nitrogen and oxygen atoms in total. The van der Waals surface area contributed by atoms with Gasteiger partial charge in [-0.05, 0) is 88.9 Å². The maximum absolute atomic E-state index is 15.0. The largest absolute Gasteiger partial charge is 0.508 e. The molecule has 2 fully saturated rings. The minimum Gasteiger partial charge on any atom is -0.508 e. The SMILES string of the molecule is Cc1c(F)cccc1C1[C@@H](C(=O)c2cccc(O)c2)CN(C2CC(C)(C)NC(C)(C)C2)C[C@@H]1C(=O)c1cccc(O)c1. The van der Waals surface area contributed by atoms with Crippen molar-refractivity contribution in [3.63, 3.8) is 0 Å². The number of rotatable bonds is 6. The number of hydrogen-bond acceptors (Lipinski definition) is 6. The summed E-state index contributed by atoms with van der Waals surface area (Å²) in [7, 11) is 0.